The fourth-order valence-electron chi connectivity index (χ4n) is 6.45. The normalized spacial score (nSPS) is 13.1. The monoisotopic (exact) mass is 603 g/mol. The number of aryl methyl sites for hydroxylation is 2. The Balaban J connectivity index is 1.32. The molecule has 1 unspecified atom stereocenters. The molecule has 0 aromatic heterocycles. The fourth-order valence-corrected chi connectivity index (χ4v) is 6.45. The molecule has 0 saturated carbocycles. The van der Waals surface area contributed by atoms with Crippen molar-refractivity contribution >= 4 is 11.4 Å². The molecular weight excluding hydrogens is 546 g/mol. The van der Waals surface area contributed by atoms with Gasteiger partial charge in [-0.15, -0.1) is 0 Å². The van der Waals surface area contributed by atoms with Crippen molar-refractivity contribution in [3.63, 3.8) is 0 Å². The van der Waals surface area contributed by atoms with Gasteiger partial charge in [0.05, 0.1) is 0 Å². The zero-order chi connectivity index (χ0) is 33.0. The third kappa shape index (κ3) is 10.2. The zero-order valence-corrected chi connectivity index (χ0v) is 29.6. The molecule has 2 heteroatoms. The van der Waals surface area contributed by atoms with Gasteiger partial charge in [0.25, 0.3) is 0 Å². The van der Waals surface area contributed by atoms with Crippen LogP contribution in [-0.4, -0.2) is 5.11 Å². The summed E-state index contributed by atoms with van der Waals surface area (Å²) in [5.74, 6) is 1.14. The molecule has 4 aromatic rings. The van der Waals surface area contributed by atoms with Crippen LogP contribution in [0.1, 0.15) is 115 Å². The molecule has 0 aliphatic rings. The first-order valence-electron chi connectivity index (χ1n) is 16.9. The smallest absolute Gasteiger partial charge is 0.123 e. The summed E-state index contributed by atoms with van der Waals surface area (Å²) in [4.78, 5) is 0. The van der Waals surface area contributed by atoms with Crippen molar-refractivity contribution in [2.45, 2.75) is 112 Å². The van der Waals surface area contributed by atoms with Gasteiger partial charge in [-0.05, 0) is 117 Å². The first kappa shape index (κ1) is 34.4. The molecule has 0 amide bonds. The van der Waals surface area contributed by atoms with E-state index in [1.807, 2.05) is 0 Å². The highest BCUT2D eigenvalue weighted by Gasteiger charge is 2.26. The molecule has 45 heavy (non-hydrogen) atoms. The molecule has 0 aliphatic heterocycles. The van der Waals surface area contributed by atoms with Gasteiger partial charge in [0.15, 0.2) is 0 Å². The van der Waals surface area contributed by atoms with Crippen LogP contribution in [0.15, 0.2) is 84.9 Å². The minimum absolute atomic E-state index is 0.105. The van der Waals surface area contributed by atoms with Gasteiger partial charge in [-0.3, -0.25) is 0 Å². The van der Waals surface area contributed by atoms with Crippen molar-refractivity contribution in [3.8, 4) is 5.75 Å². The van der Waals surface area contributed by atoms with Gasteiger partial charge in [0.2, 0.25) is 0 Å². The quantitative estimate of drug-likeness (QED) is 0.189. The van der Waals surface area contributed by atoms with Gasteiger partial charge in [0, 0.05) is 11.4 Å². The topological polar surface area (TPSA) is 32.3 Å². The van der Waals surface area contributed by atoms with E-state index in [2.05, 4.69) is 159 Å². The molecule has 1 atom stereocenters. The minimum Gasteiger partial charge on any atom is -0.507 e. The second-order valence-corrected chi connectivity index (χ2v) is 16.6. The Kier molecular flexibility index (Phi) is 10.6. The zero-order valence-electron chi connectivity index (χ0n) is 29.6. The first-order valence-corrected chi connectivity index (χ1v) is 16.9. The molecule has 0 spiro atoms. The van der Waals surface area contributed by atoms with E-state index in [1.165, 1.54) is 34.2 Å². The van der Waals surface area contributed by atoms with Gasteiger partial charge >= 0.3 is 0 Å². The van der Waals surface area contributed by atoms with Crippen molar-refractivity contribution in [1.29, 1.82) is 0 Å². The van der Waals surface area contributed by atoms with Crippen LogP contribution in [0, 0.1) is 11.3 Å². The summed E-state index contributed by atoms with van der Waals surface area (Å²) < 4.78 is 0. The number of hydrogen-bond donors (Lipinski definition) is 2. The minimum atomic E-state index is -0.105. The summed E-state index contributed by atoms with van der Waals surface area (Å²) in [6.07, 6.45) is 5.22. The molecule has 0 heterocycles. The van der Waals surface area contributed by atoms with Crippen LogP contribution in [0.3, 0.4) is 0 Å². The number of rotatable bonds is 10. The third-order valence-corrected chi connectivity index (χ3v) is 8.66. The van der Waals surface area contributed by atoms with E-state index in [0.29, 0.717) is 17.1 Å². The third-order valence-electron chi connectivity index (χ3n) is 8.66. The van der Waals surface area contributed by atoms with E-state index >= 15 is 0 Å². The van der Waals surface area contributed by atoms with E-state index in [-0.39, 0.29) is 10.8 Å². The highest BCUT2D eigenvalue weighted by atomic mass is 16.3. The molecule has 0 radical (unpaired) electrons. The lowest BCUT2D eigenvalue weighted by atomic mass is 9.78. The summed E-state index contributed by atoms with van der Waals surface area (Å²) in [5.41, 5.74) is 11.2. The number of hydrogen-bond acceptors (Lipinski definition) is 2. The molecule has 4 aromatic carbocycles. The van der Waals surface area contributed by atoms with Crippen molar-refractivity contribution < 1.29 is 5.11 Å². The maximum atomic E-state index is 11.1. The Bertz CT molecular complexity index is 1490. The van der Waals surface area contributed by atoms with Crippen molar-refractivity contribution in [3.05, 3.63) is 124 Å². The lowest BCUT2D eigenvalue weighted by Crippen LogP contribution is -2.18. The second kappa shape index (κ2) is 13.9. The second-order valence-electron chi connectivity index (χ2n) is 16.6. The molecule has 2 nitrogen and oxygen atoms in total. The van der Waals surface area contributed by atoms with Crippen LogP contribution in [-0.2, 0) is 36.5 Å². The maximum Gasteiger partial charge on any atom is 0.123 e. The number of aromatic hydroxyl groups is 1. The molecule has 2 N–H and O–H groups in total. The Hall–Kier alpha value is -3.52. The summed E-state index contributed by atoms with van der Waals surface area (Å²) >= 11 is 0. The van der Waals surface area contributed by atoms with E-state index < -0.39 is 0 Å². The first-order chi connectivity index (χ1) is 21.0. The SMILES string of the molecule is CC(Cc1ccc(Nc2ccc(Cc3ccc(CCc4cc(C(C)(C)C)c(O)c(C(C)(C)C)c4)cc3)cc2)cc1)CC(C)(C)C. The fraction of sp³-hybridized carbons (Fsp3) is 0.442. The predicted octanol–water partition coefficient (Wildman–Crippen LogP) is 11.7. The number of benzene rings is 4. The molecule has 4 rings (SSSR count). The van der Waals surface area contributed by atoms with Gasteiger partial charge in [-0.25, -0.2) is 0 Å². The molecular formula is C43H57NO. The Morgan fingerprint density at radius 3 is 1.40 bits per heavy atom. The van der Waals surface area contributed by atoms with Crippen LogP contribution in [0.2, 0.25) is 0 Å². The van der Waals surface area contributed by atoms with E-state index in [9.17, 15) is 5.11 Å². The maximum absolute atomic E-state index is 11.1. The summed E-state index contributed by atoms with van der Waals surface area (Å²) in [6, 6.07) is 31.2. The summed E-state index contributed by atoms with van der Waals surface area (Å²) in [6.45, 7) is 22.4. The van der Waals surface area contributed by atoms with E-state index in [1.54, 1.807) is 0 Å². The number of phenolic OH excluding ortho intramolecular Hbond substituents is 1. The summed E-state index contributed by atoms with van der Waals surface area (Å²) in [7, 11) is 0. The van der Waals surface area contributed by atoms with Crippen LogP contribution in [0.5, 0.6) is 5.75 Å². The molecule has 0 saturated heterocycles. The van der Waals surface area contributed by atoms with E-state index in [0.717, 1.165) is 48.2 Å². The highest BCUT2D eigenvalue weighted by Crippen LogP contribution is 2.40. The molecule has 0 fully saturated rings. The van der Waals surface area contributed by atoms with Gasteiger partial charge < -0.3 is 10.4 Å². The van der Waals surface area contributed by atoms with Crippen LogP contribution >= 0.6 is 0 Å². The van der Waals surface area contributed by atoms with Crippen LogP contribution in [0.25, 0.3) is 0 Å². The van der Waals surface area contributed by atoms with Crippen LogP contribution < -0.4 is 5.32 Å². The standard InChI is InChI=1S/C43H57NO/c1-30(29-41(2,3)4)25-32-17-21-36(22-18-32)44-37-23-19-34(20-24-37)26-33-14-11-31(12-15-33)13-16-35-27-38(42(5,6)7)40(45)39(28-35)43(8,9)10/h11-12,14-15,17-24,27-28,30,44-45H,13,16,25-26,29H2,1-10H3. The Labute approximate surface area is 274 Å². The highest BCUT2D eigenvalue weighted by molar-refractivity contribution is 5.60. The number of anilines is 2. The number of phenols is 1. The predicted molar refractivity (Wildman–Crippen MR) is 195 cm³/mol. The molecule has 0 bridgehead atoms. The lowest BCUT2D eigenvalue weighted by molar-refractivity contribution is 0.306. The van der Waals surface area contributed by atoms with Crippen molar-refractivity contribution in [2.24, 2.45) is 11.3 Å². The van der Waals surface area contributed by atoms with Crippen LogP contribution in [0.4, 0.5) is 11.4 Å². The van der Waals surface area contributed by atoms with Crippen molar-refractivity contribution in [1.82, 2.24) is 0 Å². The average Bonchev–Trinajstić information content (AvgIpc) is 2.93. The van der Waals surface area contributed by atoms with E-state index in [4.69, 9.17) is 0 Å². The Morgan fingerprint density at radius 1 is 0.556 bits per heavy atom. The Morgan fingerprint density at radius 2 is 0.956 bits per heavy atom. The van der Waals surface area contributed by atoms with Gasteiger partial charge in [0.1, 0.15) is 5.75 Å². The van der Waals surface area contributed by atoms with Crippen molar-refractivity contribution in [2.75, 3.05) is 5.32 Å². The largest absolute Gasteiger partial charge is 0.507 e. The summed E-state index contributed by atoms with van der Waals surface area (Å²) in [5, 5.41) is 14.6. The molecule has 0 aliphatic carbocycles. The average molecular weight is 604 g/mol. The lowest BCUT2D eigenvalue weighted by Gasteiger charge is -2.28. The molecule has 240 valence electrons. The van der Waals surface area contributed by atoms with Gasteiger partial charge in [-0.1, -0.05) is 130 Å². The van der Waals surface area contributed by atoms with Gasteiger partial charge in [-0.2, -0.15) is 0 Å². The number of nitrogens with one attached hydrogen (secondary N) is 1.